The van der Waals surface area contributed by atoms with Crippen molar-refractivity contribution in [2.45, 2.75) is 25.8 Å². The molecule has 1 aromatic carbocycles. The summed E-state index contributed by atoms with van der Waals surface area (Å²) in [5.41, 5.74) is 8.23. The molecule has 116 valence electrons. The molecule has 3 N–H and O–H groups in total. The highest BCUT2D eigenvalue weighted by Gasteiger charge is 2.25. The fourth-order valence-corrected chi connectivity index (χ4v) is 2.98. The number of hydrogen-bond acceptors (Lipinski definition) is 3. The summed E-state index contributed by atoms with van der Waals surface area (Å²) in [6.45, 7) is 1.29. The molecule has 0 spiro atoms. The SMILES string of the molecule is Nc1ccccc1CN(CC1CCC1)C(=O)c1cc(Br)n[nH]1. The van der Waals surface area contributed by atoms with Crippen molar-refractivity contribution < 1.29 is 4.79 Å². The van der Waals surface area contributed by atoms with Crippen molar-refractivity contribution in [1.29, 1.82) is 0 Å². The van der Waals surface area contributed by atoms with Crippen LogP contribution in [0.3, 0.4) is 0 Å². The lowest BCUT2D eigenvalue weighted by Gasteiger charge is -2.32. The number of hydrogen-bond donors (Lipinski definition) is 2. The highest BCUT2D eigenvalue weighted by molar-refractivity contribution is 9.10. The molecule has 22 heavy (non-hydrogen) atoms. The van der Waals surface area contributed by atoms with Crippen LogP contribution in [0, 0.1) is 5.92 Å². The third-order valence-electron chi connectivity index (χ3n) is 4.18. The zero-order chi connectivity index (χ0) is 15.5. The summed E-state index contributed by atoms with van der Waals surface area (Å²) in [6, 6.07) is 9.41. The van der Waals surface area contributed by atoms with Crippen LogP contribution in [0.15, 0.2) is 34.9 Å². The number of H-pyrrole nitrogens is 1. The van der Waals surface area contributed by atoms with Gasteiger partial charge in [0, 0.05) is 24.8 Å². The van der Waals surface area contributed by atoms with Crippen molar-refractivity contribution in [3.63, 3.8) is 0 Å². The maximum absolute atomic E-state index is 12.7. The summed E-state index contributed by atoms with van der Waals surface area (Å²) in [5, 5.41) is 6.75. The third-order valence-corrected chi connectivity index (χ3v) is 4.59. The molecule has 6 heteroatoms. The molecular weight excluding hydrogens is 344 g/mol. The average Bonchev–Trinajstić information content (AvgIpc) is 2.89. The lowest BCUT2D eigenvalue weighted by atomic mass is 9.85. The summed E-state index contributed by atoms with van der Waals surface area (Å²) in [6.07, 6.45) is 3.65. The number of halogens is 1. The van der Waals surface area contributed by atoms with Gasteiger partial charge in [-0.05, 0) is 46.3 Å². The molecule has 0 bridgehead atoms. The molecule has 5 nitrogen and oxygen atoms in total. The first-order valence-electron chi connectivity index (χ1n) is 7.47. The molecule has 1 fully saturated rings. The van der Waals surface area contributed by atoms with Gasteiger partial charge < -0.3 is 10.6 Å². The number of nitrogens with one attached hydrogen (secondary N) is 1. The van der Waals surface area contributed by atoms with Crippen LogP contribution in [0.1, 0.15) is 35.3 Å². The van der Waals surface area contributed by atoms with Crippen LogP contribution in [0.2, 0.25) is 0 Å². The van der Waals surface area contributed by atoms with E-state index in [-0.39, 0.29) is 5.91 Å². The number of carbonyl (C=O) groups excluding carboxylic acids is 1. The number of carbonyl (C=O) groups is 1. The molecule has 0 unspecified atom stereocenters. The Labute approximate surface area is 138 Å². The van der Waals surface area contributed by atoms with Gasteiger partial charge in [0.15, 0.2) is 0 Å². The van der Waals surface area contributed by atoms with Crippen LogP contribution in [0.5, 0.6) is 0 Å². The van der Waals surface area contributed by atoms with Crippen molar-refractivity contribution >= 4 is 27.5 Å². The molecular formula is C16H19BrN4O. The van der Waals surface area contributed by atoms with Gasteiger partial charge in [-0.2, -0.15) is 5.10 Å². The van der Waals surface area contributed by atoms with Gasteiger partial charge in [-0.25, -0.2) is 0 Å². The Kier molecular flexibility index (Phi) is 4.47. The number of nitrogens with two attached hydrogens (primary N) is 1. The van der Waals surface area contributed by atoms with Gasteiger partial charge in [0.25, 0.3) is 5.91 Å². The number of benzene rings is 1. The van der Waals surface area contributed by atoms with E-state index in [0.717, 1.165) is 17.8 Å². The normalized spacial score (nSPS) is 14.6. The number of aromatic nitrogens is 2. The van der Waals surface area contributed by atoms with Crippen LogP contribution in [-0.4, -0.2) is 27.5 Å². The van der Waals surface area contributed by atoms with E-state index in [4.69, 9.17) is 5.73 Å². The molecule has 1 aliphatic rings. The number of para-hydroxylation sites is 1. The molecule has 0 aliphatic heterocycles. The van der Waals surface area contributed by atoms with E-state index in [9.17, 15) is 4.79 Å². The molecule has 0 radical (unpaired) electrons. The minimum Gasteiger partial charge on any atom is -0.398 e. The summed E-state index contributed by atoms with van der Waals surface area (Å²) >= 11 is 3.27. The predicted octanol–water partition coefficient (Wildman–Crippen LogP) is 3.20. The van der Waals surface area contributed by atoms with Crippen molar-refractivity contribution in [3.8, 4) is 0 Å². The highest BCUT2D eigenvalue weighted by Crippen LogP contribution is 2.28. The smallest absolute Gasteiger partial charge is 0.272 e. The Morgan fingerprint density at radius 3 is 2.77 bits per heavy atom. The Bertz CT molecular complexity index is 666. The first-order chi connectivity index (χ1) is 10.6. The van der Waals surface area contributed by atoms with Gasteiger partial charge in [-0.3, -0.25) is 9.89 Å². The van der Waals surface area contributed by atoms with Crippen LogP contribution in [0.25, 0.3) is 0 Å². The van der Waals surface area contributed by atoms with Crippen LogP contribution in [-0.2, 0) is 6.54 Å². The van der Waals surface area contributed by atoms with Gasteiger partial charge in [0.05, 0.1) is 0 Å². The van der Waals surface area contributed by atoms with E-state index >= 15 is 0 Å². The van der Waals surface area contributed by atoms with Gasteiger partial charge in [-0.15, -0.1) is 0 Å². The number of amides is 1. The van der Waals surface area contributed by atoms with E-state index in [1.807, 2.05) is 29.2 Å². The van der Waals surface area contributed by atoms with Gasteiger partial charge in [0.1, 0.15) is 10.3 Å². The standard InChI is InChI=1S/C16H19BrN4O/c17-15-8-14(19-20-15)16(22)21(9-11-4-3-5-11)10-12-6-1-2-7-13(12)18/h1-2,6-8,11H,3-5,9-10,18H2,(H,19,20). The topological polar surface area (TPSA) is 75.0 Å². The zero-order valence-corrected chi connectivity index (χ0v) is 13.8. The van der Waals surface area contributed by atoms with Gasteiger partial charge in [-0.1, -0.05) is 24.6 Å². The van der Waals surface area contributed by atoms with E-state index in [0.29, 0.717) is 22.8 Å². The molecule has 1 saturated carbocycles. The van der Waals surface area contributed by atoms with Crippen molar-refractivity contribution in [2.24, 2.45) is 5.92 Å². The van der Waals surface area contributed by atoms with Crippen molar-refractivity contribution in [3.05, 3.63) is 46.2 Å². The maximum Gasteiger partial charge on any atom is 0.272 e. The zero-order valence-electron chi connectivity index (χ0n) is 12.3. The molecule has 1 aliphatic carbocycles. The summed E-state index contributed by atoms with van der Waals surface area (Å²) < 4.78 is 0.638. The molecule has 0 saturated heterocycles. The summed E-state index contributed by atoms with van der Waals surface area (Å²) in [5.74, 6) is 0.564. The van der Waals surface area contributed by atoms with Gasteiger partial charge >= 0.3 is 0 Å². The van der Waals surface area contributed by atoms with E-state index in [1.165, 1.54) is 19.3 Å². The Balaban J connectivity index is 1.80. The van der Waals surface area contributed by atoms with E-state index in [2.05, 4.69) is 26.1 Å². The first kappa shape index (κ1) is 15.1. The average molecular weight is 363 g/mol. The largest absolute Gasteiger partial charge is 0.398 e. The fraction of sp³-hybridized carbons (Fsp3) is 0.375. The van der Waals surface area contributed by atoms with E-state index < -0.39 is 0 Å². The quantitative estimate of drug-likeness (QED) is 0.801. The van der Waals surface area contributed by atoms with Crippen LogP contribution < -0.4 is 5.73 Å². The summed E-state index contributed by atoms with van der Waals surface area (Å²) in [7, 11) is 0. The molecule has 1 amide bonds. The minimum absolute atomic E-state index is 0.0339. The lowest BCUT2D eigenvalue weighted by molar-refractivity contribution is 0.0674. The number of rotatable bonds is 5. The highest BCUT2D eigenvalue weighted by atomic mass is 79.9. The molecule has 0 atom stereocenters. The molecule has 3 rings (SSSR count). The van der Waals surface area contributed by atoms with E-state index in [1.54, 1.807) is 6.07 Å². The Hall–Kier alpha value is -1.82. The third kappa shape index (κ3) is 3.32. The second kappa shape index (κ2) is 6.52. The second-order valence-corrected chi connectivity index (χ2v) is 6.60. The van der Waals surface area contributed by atoms with Crippen molar-refractivity contribution in [1.82, 2.24) is 15.1 Å². The molecule has 2 aromatic rings. The number of anilines is 1. The van der Waals surface area contributed by atoms with Gasteiger partial charge in [0.2, 0.25) is 0 Å². The number of nitrogen functional groups attached to an aromatic ring is 1. The Morgan fingerprint density at radius 2 is 2.18 bits per heavy atom. The molecule has 1 aromatic heterocycles. The number of nitrogens with zero attached hydrogens (tertiary/aromatic N) is 2. The van der Waals surface area contributed by atoms with Crippen LogP contribution >= 0.6 is 15.9 Å². The van der Waals surface area contributed by atoms with Crippen molar-refractivity contribution in [2.75, 3.05) is 12.3 Å². The molecule has 1 heterocycles. The lowest BCUT2D eigenvalue weighted by Crippen LogP contribution is -2.37. The monoisotopic (exact) mass is 362 g/mol. The minimum atomic E-state index is -0.0339. The number of aromatic amines is 1. The fourth-order valence-electron chi connectivity index (χ4n) is 2.67. The Morgan fingerprint density at radius 1 is 1.41 bits per heavy atom. The predicted molar refractivity (Wildman–Crippen MR) is 89.2 cm³/mol. The first-order valence-corrected chi connectivity index (χ1v) is 8.26. The summed E-state index contributed by atoms with van der Waals surface area (Å²) in [4.78, 5) is 14.6. The van der Waals surface area contributed by atoms with Crippen LogP contribution in [0.4, 0.5) is 5.69 Å². The second-order valence-electron chi connectivity index (χ2n) is 5.79. The maximum atomic E-state index is 12.7.